The van der Waals surface area contributed by atoms with Gasteiger partial charge in [-0.25, -0.2) is 9.59 Å². The van der Waals surface area contributed by atoms with Crippen LogP contribution in [0.3, 0.4) is 0 Å². The monoisotopic (exact) mass is 370 g/mol. The highest BCUT2D eigenvalue weighted by molar-refractivity contribution is 6.27. The van der Waals surface area contributed by atoms with Crippen LogP contribution in [0.15, 0.2) is 18.2 Å². The Labute approximate surface area is 152 Å². The average Bonchev–Trinajstić information content (AvgIpc) is 2.51. The molecule has 0 bridgehead atoms. The standard InChI is InChI=1S/C15H24N2O3.C2H2O4/c1-12-7-8-14(13(11-12)17(18)19)20-10-6-5-9-16-15(2,3)4;3-1(4)2(5)6/h7-8,11,16H,5-6,9-10H2,1-4H3;(H,3,4)(H,5,6). The molecule has 0 aromatic heterocycles. The molecule has 9 heteroatoms. The van der Waals surface area contributed by atoms with Gasteiger partial charge >= 0.3 is 17.6 Å². The summed E-state index contributed by atoms with van der Waals surface area (Å²) in [4.78, 5) is 28.7. The number of hydrogen-bond donors (Lipinski definition) is 3. The number of unbranched alkanes of at least 4 members (excludes halogenated alkanes) is 1. The van der Waals surface area contributed by atoms with Gasteiger partial charge in [-0.1, -0.05) is 6.07 Å². The maximum atomic E-state index is 10.9. The molecule has 3 N–H and O–H groups in total. The third-order valence-corrected chi connectivity index (χ3v) is 2.98. The van der Waals surface area contributed by atoms with Crippen LogP contribution in [0.1, 0.15) is 39.2 Å². The number of aliphatic carboxylic acids is 2. The average molecular weight is 370 g/mol. The number of rotatable bonds is 7. The number of nitro groups is 1. The summed E-state index contributed by atoms with van der Waals surface area (Å²) in [5.41, 5.74) is 1.02. The zero-order valence-corrected chi connectivity index (χ0v) is 15.4. The number of nitrogens with one attached hydrogen (secondary N) is 1. The van der Waals surface area contributed by atoms with Crippen molar-refractivity contribution in [1.82, 2.24) is 5.32 Å². The van der Waals surface area contributed by atoms with Gasteiger partial charge < -0.3 is 20.3 Å². The number of ether oxygens (including phenoxy) is 1. The third kappa shape index (κ3) is 11.0. The molecule has 1 aromatic rings. The lowest BCUT2D eigenvalue weighted by atomic mass is 10.1. The summed E-state index contributed by atoms with van der Waals surface area (Å²) >= 11 is 0. The number of aryl methyl sites for hydroxylation is 1. The number of carbonyl (C=O) groups is 2. The van der Waals surface area contributed by atoms with Crippen molar-refractivity contribution >= 4 is 17.6 Å². The highest BCUT2D eigenvalue weighted by Crippen LogP contribution is 2.27. The van der Waals surface area contributed by atoms with Crippen LogP contribution in [0.5, 0.6) is 5.75 Å². The molecular formula is C17H26N2O7. The second-order valence-corrected chi connectivity index (χ2v) is 6.57. The molecule has 0 saturated carbocycles. The number of benzene rings is 1. The van der Waals surface area contributed by atoms with E-state index in [1.54, 1.807) is 6.07 Å². The predicted octanol–water partition coefficient (Wildman–Crippen LogP) is 2.61. The summed E-state index contributed by atoms with van der Waals surface area (Å²) < 4.78 is 5.52. The van der Waals surface area contributed by atoms with Crippen LogP contribution in [-0.2, 0) is 9.59 Å². The predicted molar refractivity (Wildman–Crippen MR) is 95.6 cm³/mol. The van der Waals surface area contributed by atoms with Crippen molar-refractivity contribution in [3.63, 3.8) is 0 Å². The van der Waals surface area contributed by atoms with Gasteiger partial charge in [0.05, 0.1) is 11.5 Å². The smallest absolute Gasteiger partial charge is 0.414 e. The fourth-order valence-corrected chi connectivity index (χ4v) is 1.76. The van der Waals surface area contributed by atoms with E-state index in [4.69, 9.17) is 24.5 Å². The van der Waals surface area contributed by atoms with Gasteiger partial charge in [-0.2, -0.15) is 0 Å². The second kappa shape index (κ2) is 11.0. The molecule has 0 aliphatic rings. The minimum absolute atomic E-state index is 0.0396. The molecule has 0 fully saturated rings. The van der Waals surface area contributed by atoms with Crippen molar-refractivity contribution in [3.05, 3.63) is 33.9 Å². The fraction of sp³-hybridized carbons (Fsp3) is 0.529. The first-order chi connectivity index (χ1) is 11.9. The number of nitrogens with zero attached hydrogens (tertiary/aromatic N) is 1. The molecule has 0 aliphatic carbocycles. The molecule has 0 radical (unpaired) electrons. The van der Waals surface area contributed by atoms with Gasteiger partial charge in [-0.15, -0.1) is 0 Å². The Bertz CT molecular complexity index is 612. The van der Waals surface area contributed by atoms with E-state index in [-0.39, 0.29) is 11.2 Å². The van der Waals surface area contributed by atoms with Gasteiger partial charge in [0.25, 0.3) is 0 Å². The van der Waals surface area contributed by atoms with Gasteiger partial charge in [0.1, 0.15) is 0 Å². The number of hydrogen-bond acceptors (Lipinski definition) is 6. The molecule has 146 valence electrons. The molecule has 0 spiro atoms. The van der Waals surface area contributed by atoms with Crippen molar-refractivity contribution in [2.75, 3.05) is 13.2 Å². The van der Waals surface area contributed by atoms with E-state index in [0.29, 0.717) is 12.4 Å². The highest BCUT2D eigenvalue weighted by Gasteiger charge is 2.14. The van der Waals surface area contributed by atoms with E-state index in [2.05, 4.69) is 26.1 Å². The first-order valence-electron chi connectivity index (χ1n) is 8.03. The van der Waals surface area contributed by atoms with Crippen LogP contribution < -0.4 is 10.1 Å². The molecule has 0 atom stereocenters. The molecule has 0 heterocycles. The molecular weight excluding hydrogens is 344 g/mol. The summed E-state index contributed by atoms with van der Waals surface area (Å²) in [6.45, 7) is 9.62. The quantitative estimate of drug-likeness (QED) is 0.288. The summed E-state index contributed by atoms with van der Waals surface area (Å²) in [7, 11) is 0. The fourth-order valence-electron chi connectivity index (χ4n) is 1.76. The Morgan fingerprint density at radius 1 is 1.19 bits per heavy atom. The minimum Gasteiger partial charge on any atom is -0.487 e. The lowest BCUT2D eigenvalue weighted by Crippen LogP contribution is -2.36. The van der Waals surface area contributed by atoms with Crippen LogP contribution in [0.25, 0.3) is 0 Å². The van der Waals surface area contributed by atoms with Crippen LogP contribution >= 0.6 is 0 Å². The van der Waals surface area contributed by atoms with E-state index in [1.165, 1.54) is 6.07 Å². The topological polar surface area (TPSA) is 139 Å². The van der Waals surface area contributed by atoms with Crippen molar-refractivity contribution in [2.24, 2.45) is 0 Å². The van der Waals surface area contributed by atoms with E-state index in [0.717, 1.165) is 24.9 Å². The van der Waals surface area contributed by atoms with E-state index in [1.807, 2.05) is 13.0 Å². The number of nitro benzene ring substituents is 1. The Morgan fingerprint density at radius 3 is 2.23 bits per heavy atom. The molecule has 0 saturated heterocycles. The molecule has 1 rings (SSSR count). The lowest BCUT2D eigenvalue weighted by molar-refractivity contribution is -0.385. The maximum Gasteiger partial charge on any atom is 0.414 e. The zero-order valence-electron chi connectivity index (χ0n) is 15.4. The van der Waals surface area contributed by atoms with Crippen molar-refractivity contribution in [3.8, 4) is 5.75 Å². The van der Waals surface area contributed by atoms with Gasteiger partial charge in [-0.05, 0) is 58.7 Å². The maximum absolute atomic E-state index is 10.9. The Hall–Kier alpha value is -2.68. The highest BCUT2D eigenvalue weighted by atomic mass is 16.6. The van der Waals surface area contributed by atoms with Gasteiger partial charge in [0.2, 0.25) is 0 Å². The lowest BCUT2D eigenvalue weighted by Gasteiger charge is -2.20. The second-order valence-electron chi connectivity index (χ2n) is 6.57. The SMILES string of the molecule is Cc1ccc(OCCCCNC(C)(C)C)c([N+](=O)[O-])c1.O=C(O)C(=O)O. The van der Waals surface area contributed by atoms with E-state index >= 15 is 0 Å². The van der Waals surface area contributed by atoms with Crippen LogP contribution in [-0.4, -0.2) is 45.8 Å². The van der Waals surface area contributed by atoms with Crippen LogP contribution in [0.2, 0.25) is 0 Å². The van der Waals surface area contributed by atoms with Crippen LogP contribution in [0, 0.1) is 17.0 Å². The molecule has 9 nitrogen and oxygen atoms in total. The van der Waals surface area contributed by atoms with Gasteiger partial charge in [-0.3, -0.25) is 10.1 Å². The molecule has 0 aliphatic heterocycles. The summed E-state index contributed by atoms with van der Waals surface area (Å²) in [5, 5.41) is 29.1. The molecule has 0 amide bonds. The first-order valence-corrected chi connectivity index (χ1v) is 8.03. The number of carboxylic acid groups (broad SMARTS) is 2. The van der Waals surface area contributed by atoms with Crippen LogP contribution in [0.4, 0.5) is 5.69 Å². The third-order valence-electron chi connectivity index (χ3n) is 2.98. The number of carboxylic acids is 2. The van der Waals surface area contributed by atoms with Gasteiger partial charge in [0, 0.05) is 11.6 Å². The molecule has 26 heavy (non-hydrogen) atoms. The summed E-state index contributed by atoms with van der Waals surface area (Å²) in [6, 6.07) is 5.03. The van der Waals surface area contributed by atoms with E-state index < -0.39 is 16.9 Å². The Morgan fingerprint density at radius 2 is 1.77 bits per heavy atom. The molecule has 1 aromatic carbocycles. The normalized spacial score (nSPS) is 10.5. The summed E-state index contributed by atoms with van der Waals surface area (Å²) in [5.74, 6) is -3.30. The zero-order chi connectivity index (χ0) is 20.3. The largest absolute Gasteiger partial charge is 0.487 e. The first kappa shape index (κ1) is 23.3. The summed E-state index contributed by atoms with van der Waals surface area (Å²) in [6.07, 6.45) is 1.85. The Balaban J connectivity index is 0.000000896. The Kier molecular flexibility index (Phi) is 9.90. The van der Waals surface area contributed by atoms with Crippen molar-refractivity contribution in [2.45, 2.75) is 46.1 Å². The van der Waals surface area contributed by atoms with Crippen molar-refractivity contribution < 1.29 is 29.5 Å². The van der Waals surface area contributed by atoms with E-state index in [9.17, 15) is 10.1 Å². The van der Waals surface area contributed by atoms with Gasteiger partial charge in [0.15, 0.2) is 5.75 Å². The molecule has 0 unspecified atom stereocenters. The van der Waals surface area contributed by atoms with Crippen molar-refractivity contribution in [1.29, 1.82) is 0 Å². The minimum atomic E-state index is -1.82.